The number of alkyl carbamates (subject to hydrolysis) is 1. The minimum Gasteiger partial charge on any atom is -0.445 e. The first-order valence-corrected chi connectivity index (χ1v) is 12.8. The number of pyridine rings is 1. The molecule has 1 aromatic carbocycles. The van der Waals surface area contributed by atoms with Crippen LogP contribution in [0.5, 0.6) is 0 Å². The number of nitrogens with one attached hydrogen (secondary N) is 2. The van der Waals surface area contributed by atoms with Gasteiger partial charge in [-0.3, -0.25) is 14.5 Å². The van der Waals surface area contributed by atoms with Crippen molar-refractivity contribution in [3.8, 4) is 11.3 Å². The lowest BCUT2D eigenvalue weighted by molar-refractivity contribution is -0.118. The van der Waals surface area contributed by atoms with Crippen molar-refractivity contribution in [1.82, 2.24) is 20.1 Å². The number of ether oxygens (including phenoxy) is 2. The monoisotopic (exact) mass is 517 g/mol. The zero-order valence-corrected chi connectivity index (χ0v) is 22.3. The summed E-state index contributed by atoms with van der Waals surface area (Å²) in [5.74, 6) is -0.526. The van der Waals surface area contributed by atoms with Gasteiger partial charge in [-0.1, -0.05) is 49.4 Å². The summed E-state index contributed by atoms with van der Waals surface area (Å²) in [6.45, 7) is 8.96. The summed E-state index contributed by atoms with van der Waals surface area (Å²) in [7, 11) is 0. The van der Waals surface area contributed by atoms with E-state index in [0.29, 0.717) is 31.0 Å². The molecule has 200 valence electrons. The van der Waals surface area contributed by atoms with Crippen molar-refractivity contribution >= 4 is 17.7 Å². The molecule has 3 heterocycles. The fourth-order valence-electron chi connectivity index (χ4n) is 4.09. The minimum atomic E-state index is -0.539. The maximum atomic E-state index is 12.9. The molecule has 2 bridgehead atoms. The Kier molecular flexibility index (Phi) is 8.58. The Balaban J connectivity index is 1.62. The summed E-state index contributed by atoms with van der Waals surface area (Å²) in [6, 6.07) is 12.8. The van der Waals surface area contributed by atoms with Crippen molar-refractivity contribution in [3.63, 3.8) is 0 Å². The first-order chi connectivity index (χ1) is 18.2. The van der Waals surface area contributed by atoms with Crippen LogP contribution in [0.4, 0.5) is 10.5 Å². The lowest BCUT2D eigenvalue weighted by atomic mass is 10.0. The average molecular weight is 518 g/mol. The van der Waals surface area contributed by atoms with Crippen LogP contribution >= 0.6 is 0 Å². The molecule has 0 radical (unpaired) electrons. The van der Waals surface area contributed by atoms with Gasteiger partial charge in [-0.05, 0) is 44.9 Å². The molecule has 2 N–H and O–H groups in total. The van der Waals surface area contributed by atoms with Gasteiger partial charge in [0.05, 0.1) is 54.0 Å². The normalized spacial score (nSPS) is 18.4. The van der Waals surface area contributed by atoms with E-state index in [1.54, 1.807) is 12.4 Å². The molecule has 1 aliphatic rings. The highest BCUT2D eigenvalue weighted by atomic mass is 16.5. The molecular formula is C29H35N5O4. The van der Waals surface area contributed by atoms with Crippen molar-refractivity contribution in [2.45, 2.75) is 58.9 Å². The molecule has 0 saturated carbocycles. The molecule has 0 saturated heterocycles. The van der Waals surface area contributed by atoms with E-state index in [1.807, 2.05) is 87.0 Å². The van der Waals surface area contributed by atoms with E-state index < -0.39 is 12.1 Å². The van der Waals surface area contributed by atoms with Crippen molar-refractivity contribution in [3.05, 3.63) is 78.3 Å². The maximum absolute atomic E-state index is 12.9. The molecule has 0 unspecified atom stereocenters. The van der Waals surface area contributed by atoms with Gasteiger partial charge in [-0.2, -0.15) is 5.10 Å². The molecule has 3 aromatic rings. The van der Waals surface area contributed by atoms with Gasteiger partial charge in [0.1, 0.15) is 6.61 Å². The van der Waals surface area contributed by atoms with Gasteiger partial charge in [0, 0.05) is 11.8 Å². The molecule has 0 spiro atoms. The second-order valence-electron chi connectivity index (χ2n) is 10.3. The third kappa shape index (κ3) is 7.29. The van der Waals surface area contributed by atoms with Gasteiger partial charge in [0.2, 0.25) is 5.91 Å². The summed E-state index contributed by atoms with van der Waals surface area (Å²) >= 11 is 0. The Morgan fingerprint density at radius 2 is 2.00 bits per heavy atom. The maximum Gasteiger partial charge on any atom is 0.408 e. The predicted octanol–water partition coefficient (Wildman–Crippen LogP) is 5.26. The van der Waals surface area contributed by atoms with Crippen molar-refractivity contribution in [1.29, 1.82) is 0 Å². The number of anilines is 1. The first-order valence-electron chi connectivity index (χ1n) is 12.8. The van der Waals surface area contributed by atoms with Gasteiger partial charge in [-0.15, -0.1) is 0 Å². The lowest BCUT2D eigenvalue weighted by Crippen LogP contribution is -2.29. The fourth-order valence-corrected chi connectivity index (χ4v) is 4.09. The van der Waals surface area contributed by atoms with Crippen molar-refractivity contribution < 1.29 is 19.1 Å². The number of aromatic nitrogens is 3. The molecule has 9 heteroatoms. The molecule has 9 nitrogen and oxygen atoms in total. The van der Waals surface area contributed by atoms with Gasteiger partial charge in [-0.25, -0.2) is 4.79 Å². The van der Waals surface area contributed by atoms with E-state index in [9.17, 15) is 9.59 Å². The number of carbonyl (C=O) groups excluding carboxylic acids is 2. The number of hydrogen-bond acceptors (Lipinski definition) is 6. The van der Waals surface area contributed by atoms with Crippen LogP contribution in [0.1, 0.15) is 51.4 Å². The fraction of sp³-hybridized carbons (Fsp3) is 0.379. The summed E-state index contributed by atoms with van der Waals surface area (Å²) < 4.78 is 13.2. The Morgan fingerprint density at radius 1 is 1.21 bits per heavy atom. The van der Waals surface area contributed by atoms with E-state index in [2.05, 4.69) is 20.7 Å². The topological polar surface area (TPSA) is 107 Å². The molecule has 1 aliphatic heterocycles. The standard InChI is InChI=1S/C29H35N5O4/c1-20-9-8-12-23(33-28(36)37-19-21-10-6-5-7-11-21)24-17-22(13-14-30-24)26-25(32-27(20)35)18-31-34(26)15-16-38-29(2,3)4/h5-11,13-14,17-18,20,23H,12,15-16,19H2,1-4H3,(H,32,35)(H,33,36)/b9-8-/t20-,23+/m1/s1. The van der Waals surface area contributed by atoms with Crippen LogP contribution in [0.25, 0.3) is 11.3 Å². The number of amides is 2. The number of carbonyl (C=O) groups is 2. The van der Waals surface area contributed by atoms with Gasteiger partial charge >= 0.3 is 6.09 Å². The number of benzene rings is 1. The Labute approximate surface area is 223 Å². The predicted molar refractivity (Wildman–Crippen MR) is 145 cm³/mol. The van der Waals surface area contributed by atoms with E-state index in [1.165, 1.54) is 0 Å². The van der Waals surface area contributed by atoms with Gasteiger partial charge in [0.25, 0.3) is 0 Å². The zero-order chi connectivity index (χ0) is 27.1. The van der Waals surface area contributed by atoms with Crippen LogP contribution in [-0.4, -0.2) is 39.0 Å². The molecule has 2 amide bonds. The summed E-state index contributed by atoms with van der Waals surface area (Å²) in [5, 5.41) is 10.5. The molecular weight excluding hydrogens is 482 g/mol. The third-order valence-corrected chi connectivity index (χ3v) is 6.06. The van der Waals surface area contributed by atoms with Crippen molar-refractivity contribution in [2.24, 2.45) is 5.92 Å². The van der Waals surface area contributed by atoms with Crippen LogP contribution < -0.4 is 10.6 Å². The van der Waals surface area contributed by atoms with Gasteiger partial charge < -0.3 is 20.1 Å². The second kappa shape index (κ2) is 12.0. The summed E-state index contributed by atoms with van der Waals surface area (Å²) in [6.07, 6.45) is 6.97. The molecule has 2 aromatic heterocycles. The number of nitrogens with zero attached hydrogens (tertiary/aromatic N) is 3. The highest BCUT2D eigenvalue weighted by Gasteiger charge is 2.22. The van der Waals surface area contributed by atoms with E-state index in [0.717, 1.165) is 16.8 Å². The zero-order valence-electron chi connectivity index (χ0n) is 22.3. The summed E-state index contributed by atoms with van der Waals surface area (Å²) in [5.41, 5.74) is 3.48. The largest absolute Gasteiger partial charge is 0.445 e. The number of rotatable bonds is 6. The van der Waals surface area contributed by atoms with Crippen LogP contribution in [0.15, 0.2) is 67.0 Å². The molecule has 0 aliphatic carbocycles. The Bertz CT molecular complexity index is 1280. The van der Waals surface area contributed by atoms with E-state index in [-0.39, 0.29) is 24.0 Å². The highest BCUT2D eigenvalue weighted by molar-refractivity contribution is 5.96. The lowest BCUT2D eigenvalue weighted by Gasteiger charge is -2.21. The van der Waals surface area contributed by atoms with Crippen LogP contribution in [0, 0.1) is 5.92 Å². The van der Waals surface area contributed by atoms with Crippen molar-refractivity contribution in [2.75, 3.05) is 11.9 Å². The highest BCUT2D eigenvalue weighted by Crippen LogP contribution is 2.31. The number of hydrogen-bond donors (Lipinski definition) is 2. The van der Waals surface area contributed by atoms with Gasteiger partial charge in [0.15, 0.2) is 0 Å². The SMILES string of the molecule is C[C@@H]1/C=C\C[C@H](NC(=O)OCc2ccccc2)c2cc(ccn2)-c2c(cnn2CCOC(C)(C)C)NC1=O. The molecule has 0 fully saturated rings. The quantitative estimate of drug-likeness (QED) is 0.432. The minimum absolute atomic E-state index is 0.144. The average Bonchev–Trinajstić information content (AvgIpc) is 3.28. The third-order valence-electron chi connectivity index (χ3n) is 6.06. The van der Waals surface area contributed by atoms with E-state index in [4.69, 9.17) is 9.47 Å². The Morgan fingerprint density at radius 3 is 2.76 bits per heavy atom. The second-order valence-corrected chi connectivity index (χ2v) is 10.3. The molecule has 4 rings (SSSR count). The number of fused-ring (bicyclic) bond motifs is 4. The smallest absolute Gasteiger partial charge is 0.408 e. The van der Waals surface area contributed by atoms with Crippen LogP contribution in [0.2, 0.25) is 0 Å². The van der Waals surface area contributed by atoms with Crippen LogP contribution in [0.3, 0.4) is 0 Å². The summed E-state index contributed by atoms with van der Waals surface area (Å²) in [4.78, 5) is 30.2. The molecule has 2 atom stereocenters. The Hall–Kier alpha value is -3.98. The van der Waals surface area contributed by atoms with E-state index >= 15 is 0 Å². The van der Waals surface area contributed by atoms with Crippen LogP contribution in [-0.2, 0) is 27.4 Å². The first kappa shape index (κ1) is 27.1. The molecule has 38 heavy (non-hydrogen) atoms.